The van der Waals surface area contributed by atoms with E-state index in [1.165, 1.54) is 10.8 Å². The van der Waals surface area contributed by atoms with Gasteiger partial charge in [0.1, 0.15) is 0 Å². The molecule has 1 aliphatic rings. The minimum absolute atomic E-state index is 0.806. The van der Waals surface area contributed by atoms with E-state index in [4.69, 9.17) is 0 Å². The Hall–Kier alpha value is 0.210. The van der Waals surface area contributed by atoms with Gasteiger partial charge in [-0.1, -0.05) is 46.9 Å². The minimum atomic E-state index is 0.806. The third-order valence-corrected chi connectivity index (χ3v) is 2.40. The summed E-state index contributed by atoms with van der Waals surface area (Å²) in [5, 5.41) is 0. The second-order valence-corrected chi connectivity index (χ2v) is 2.84. The summed E-state index contributed by atoms with van der Waals surface area (Å²) in [6, 6.07) is 0. The molecule has 0 saturated carbocycles. The predicted octanol–water partition coefficient (Wildman–Crippen LogP) is 2.55. The smallest absolute Gasteiger partial charge is 0.00614 e. The molecular weight excluding hydrogens is 211 g/mol. The van der Waals surface area contributed by atoms with Gasteiger partial charge in [0.25, 0.3) is 0 Å². The van der Waals surface area contributed by atoms with Crippen molar-refractivity contribution >= 4 is 22.6 Å². The highest BCUT2D eigenvalue weighted by Crippen LogP contribution is 2.13. The number of hydrogen-bond acceptors (Lipinski definition) is 0. The second kappa shape index (κ2) is 3.28. The van der Waals surface area contributed by atoms with Crippen molar-refractivity contribution in [2.75, 3.05) is 4.43 Å². The average molecular weight is 220 g/mol. The standard InChI is InChI=1S/C7H9I/c8-6-7-4-2-1-3-5-7/h1-4,7H,5-6H2/t7-/m0/s1. The Morgan fingerprint density at radius 2 is 2.38 bits per heavy atom. The fourth-order valence-corrected chi connectivity index (χ4v) is 1.40. The maximum absolute atomic E-state index is 2.42. The lowest BCUT2D eigenvalue weighted by atomic mass is 10.0. The zero-order valence-corrected chi connectivity index (χ0v) is 6.84. The molecule has 44 valence electrons. The van der Waals surface area contributed by atoms with Crippen molar-refractivity contribution in [1.82, 2.24) is 0 Å². The van der Waals surface area contributed by atoms with Crippen molar-refractivity contribution < 1.29 is 0 Å². The van der Waals surface area contributed by atoms with Crippen LogP contribution in [0.5, 0.6) is 0 Å². The Labute approximate surface area is 63.8 Å². The van der Waals surface area contributed by atoms with E-state index in [0.29, 0.717) is 0 Å². The summed E-state index contributed by atoms with van der Waals surface area (Å²) in [6.45, 7) is 0. The minimum Gasteiger partial charge on any atom is -0.0857 e. The predicted molar refractivity (Wildman–Crippen MR) is 45.3 cm³/mol. The van der Waals surface area contributed by atoms with Gasteiger partial charge in [-0.3, -0.25) is 0 Å². The molecule has 0 aliphatic heterocycles. The molecule has 0 amide bonds. The Morgan fingerprint density at radius 1 is 1.50 bits per heavy atom. The van der Waals surface area contributed by atoms with E-state index >= 15 is 0 Å². The van der Waals surface area contributed by atoms with Crippen molar-refractivity contribution in [2.24, 2.45) is 5.92 Å². The molecule has 0 unspecified atom stereocenters. The summed E-state index contributed by atoms with van der Waals surface area (Å²) in [7, 11) is 0. The normalized spacial score (nSPS) is 26.4. The molecule has 1 heteroatoms. The lowest BCUT2D eigenvalue weighted by Gasteiger charge is -2.06. The van der Waals surface area contributed by atoms with E-state index < -0.39 is 0 Å². The first kappa shape index (κ1) is 6.33. The Morgan fingerprint density at radius 3 is 2.75 bits per heavy atom. The van der Waals surface area contributed by atoms with E-state index in [1.54, 1.807) is 0 Å². The van der Waals surface area contributed by atoms with Gasteiger partial charge in [-0.25, -0.2) is 0 Å². The highest BCUT2D eigenvalue weighted by Gasteiger charge is 2.00. The fraction of sp³-hybridized carbons (Fsp3) is 0.429. The highest BCUT2D eigenvalue weighted by molar-refractivity contribution is 14.1. The number of alkyl halides is 1. The average Bonchev–Trinajstić information content (AvgIpc) is 1.90. The molecule has 0 N–H and O–H groups in total. The van der Waals surface area contributed by atoms with Crippen LogP contribution in [0.4, 0.5) is 0 Å². The molecule has 0 radical (unpaired) electrons. The Bertz CT molecular complexity index is 114. The quantitative estimate of drug-likeness (QED) is 0.470. The first-order valence-corrected chi connectivity index (χ1v) is 4.35. The van der Waals surface area contributed by atoms with E-state index in [1.807, 2.05) is 0 Å². The van der Waals surface area contributed by atoms with Gasteiger partial charge < -0.3 is 0 Å². The Kier molecular flexibility index (Phi) is 2.59. The van der Waals surface area contributed by atoms with Gasteiger partial charge in [-0.05, 0) is 12.3 Å². The van der Waals surface area contributed by atoms with Crippen LogP contribution >= 0.6 is 22.6 Å². The van der Waals surface area contributed by atoms with Gasteiger partial charge in [-0.15, -0.1) is 0 Å². The summed E-state index contributed by atoms with van der Waals surface area (Å²) in [5.41, 5.74) is 0. The third kappa shape index (κ3) is 1.62. The Balaban J connectivity index is 2.40. The molecule has 0 heterocycles. The molecule has 0 saturated heterocycles. The van der Waals surface area contributed by atoms with Gasteiger partial charge in [0.2, 0.25) is 0 Å². The van der Waals surface area contributed by atoms with Crippen LogP contribution in [0.1, 0.15) is 6.42 Å². The monoisotopic (exact) mass is 220 g/mol. The lowest BCUT2D eigenvalue weighted by Crippen LogP contribution is -1.96. The van der Waals surface area contributed by atoms with Crippen LogP contribution < -0.4 is 0 Å². The number of allylic oxidation sites excluding steroid dienone is 4. The van der Waals surface area contributed by atoms with Crippen molar-refractivity contribution in [1.29, 1.82) is 0 Å². The summed E-state index contributed by atoms with van der Waals surface area (Å²) < 4.78 is 1.25. The molecule has 1 atom stereocenters. The van der Waals surface area contributed by atoms with Crippen LogP contribution in [-0.2, 0) is 0 Å². The molecule has 0 aromatic rings. The maximum Gasteiger partial charge on any atom is 0.00614 e. The first-order chi connectivity index (χ1) is 3.93. The topological polar surface area (TPSA) is 0 Å². The third-order valence-electron chi connectivity index (χ3n) is 1.27. The van der Waals surface area contributed by atoms with Gasteiger partial charge in [0.15, 0.2) is 0 Å². The number of rotatable bonds is 1. The fourth-order valence-electron chi connectivity index (χ4n) is 0.746. The van der Waals surface area contributed by atoms with Crippen LogP contribution in [0, 0.1) is 5.92 Å². The molecule has 0 spiro atoms. The zero-order chi connectivity index (χ0) is 5.82. The highest BCUT2D eigenvalue weighted by atomic mass is 127. The number of hydrogen-bond donors (Lipinski definition) is 0. The molecule has 1 aliphatic carbocycles. The number of halogens is 1. The molecular formula is C7H9I. The van der Waals surface area contributed by atoms with E-state index in [0.717, 1.165) is 5.92 Å². The summed E-state index contributed by atoms with van der Waals surface area (Å²) in [6.07, 6.45) is 9.98. The second-order valence-electron chi connectivity index (χ2n) is 1.96. The summed E-state index contributed by atoms with van der Waals surface area (Å²) in [4.78, 5) is 0. The van der Waals surface area contributed by atoms with Crippen molar-refractivity contribution in [3.63, 3.8) is 0 Å². The first-order valence-electron chi connectivity index (χ1n) is 2.83. The molecule has 0 nitrogen and oxygen atoms in total. The van der Waals surface area contributed by atoms with Gasteiger partial charge in [0, 0.05) is 4.43 Å². The van der Waals surface area contributed by atoms with Crippen LogP contribution in [0.3, 0.4) is 0 Å². The molecule has 8 heavy (non-hydrogen) atoms. The maximum atomic E-state index is 2.42. The van der Waals surface area contributed by atoms with Gasteiger partial charge in [0.05, 0.1) is 0 Å². The summed E-state index contributed by atoms with van der Waals surface area (Å²) in [5.74, 6) is 0.806. The van der Waals surface area contributed by atoms with Crippen LogP contribution in [0.15, 0.2) is 24.3 Å². The van der Waals surface area contributed by atoms with E-state index in [2.05, 4.69) is 46.9 Å². The molecule has 1 rings (SSSR count). The molecule has 0 fully saturated rings. The van der Waals surface area contributed by atoms with Gasteiger partial charge >= 0.3 is 0 Å². The molecule has 0 bridgehead atoms. The van der Waals surface area contributed by atoms with Crippen LogP contribution in [0.2, 0.25) is 0 Å². The molecule has 0 aromatic heterocycles. The SMILES string of the molecule is IC[C@H]1C=CC=CC1. The zero-order valence-electron chi connectivity index (χ0n) is 4.68. The lowest BCUT2D eigenvalue weighted by molar-refractivity contribution is 0.761. The van der Waals surface area contributed by atoms with E-state index in [9.17, 15) is 0 Å². The molecule has 0 aromatic carbocycles. The summed E-state index contributed by atoms with van der Waals surface area (Å²) >= 11 is 2.42. The van der Waals surface area contributed by atoms with E-state index in [-0.39, 0.29) is 0 Å². The van der Waals surface area contributed by atoms with Crippen LogP contribution in [-0.4, -0.2) is 4.43 Å². The van der Waals surface area contributed by atoms with Crippen molar-refractivity contribution in [3.05, 3.63) is 24.3 Å². The van der Waals surface area contributed by atoms with Crippen LogP contribution in [0.25, 0.3) is 0 Å². The largest absolute Gasteiger partial charge is 0.0857 e. The van der Waals surface area contributed by atoms with Crippen molar-refractivity contribution in [3.8, 4) is 0 Å². The van der Waals surface area contributed by atoms with Gasteiger partial charge in [-0.2, -0.15) is 0 Å². The van der Waals surface area contributed by atoms with Crippen molar-refractivity contribution in [2.45, 2.75) is 6.42 Å².